The van der Waals surface area contributed by atoms with Crippen molar-refractivity contribution in [3.05, 3.63) is 82.9 Å². The van der Waals surface area contributed by atoms with Gasteiger partial charge in [-0.25, -0.2) is 4.98 Å². The van der Waals surface area contributed by atoms with Gasteiger partial charge in [0.25, 0.3) is 5.78 Å². The van der Waals surface area contributed by atoms with E-state index in [1.54, 1.807) is 42.5 Å². The van der Waals surface area contributed by atoms with Crippen LogP contribution in [0.25, 0.3) is 16.0 Å². The number of nitrogens with zero attached hydrogens (tertiary/aromatic N) is 2. The van der Waals surface area contributed by atoms with Crippen molar-refractivity contribution >= 4 is 44.1 Å². The Hall–Kier alpha value is -4.37. The van der Waals surface area contributed by atoms with Crippen molar-refractivity contribution in [1.82, 2.24) is 4.98 Å². The van der Waals surface area contributed by atoms with Gasteiger partial charge in [-0.05, 0) is 61.4 Å². The molecule has 9 heteroatoms. The number of methoxy groups -OCH3 is 2. The summed E-state index contributed by atoms with van der Waals surface area (Å²) in [6.45, 7) is 4.28. The quantitative estimate of drug-likeness (QED) is 0.187. The average molecular weight is 531 g/mol. The van der Waals surface area contributed by atoms with Crippen LogP contribution in [0.5, 0.6) is 17.2 Å². The van der Waals surface area contributed by atoms with Gasteiger partial charge in [0, 0.05) is 5.56 Å². The summed E-state index contributed by atoms with van der Waals surface area (Å²) < 4.78 is 17.4. The van der Waals surface area contributed by atoms with Gasteiger partial charge in [0.15, 0.2) is 16.6 Å². The van der Waals surface area contributed by atoms with Crippen LogP contribution >= 0.6 is 11.3 Å². The number of rotatable bonds is 7. The maximum atomic E-state index is 13.5. The van der Waals surface area contributed by atoms with Crippen molar-refractivity contribution in [2.45, 2.75) is 19.9 Å². The summed E-state index contributed by atoms with van der Waals surface area (Å²) in [4.78, 5) is 33.1. The molecule has 3 aromatic carbocycles. The number of fused-ring (bicyclic) bond motifs is 1. The number of aliphatic hydroxyl groups excluding tert-OH is 1. The zero-order valence-corrected chi connectivity index (χ0v) is 22.2. The zero-order chi connectivity index (χ0) is 27.0. The molecule has 194 valence electrons. The lowest BCUT2D eigenvalue weighted by Crippen LogP contribution is -2.29. The summed E-state index contributed by atoms with van der Waals surface area (Å²) >= 11 is 1.31. The highest BCUT2D eigenvalue weighted by atomic mass is 32.1. The lowest BCUT2D eigenvalue weighted by molar-refractivity contribution is -0.132. The molecule has 0 radical (unpaired) electrons. The molecule has 1 amide bonds. The van der Waals surface area contributed by atoms with Crippen LogP contribution in [0.4, 0.5) is 5.13 Å². The molecule has 1 unspecified atom stereocenters. The summed E-state index contributed by atoms with van der Waals surface area (Å²) in [6, 6.07) is 16.8. The van der Waals surface area contributed by atoms with Crippen LogP contribution in [-0.2, 0) is 9.59 Å². The van der Waals surface area contributed by atoms with Gasteiger partial charge in [-0.15, -0.1) is 0 Å². The number of Topliss-reactive ketones (excluding diaryl/α,β-unsaturated/α-hetero) is 1. The van der Waals surface area contributed by atoms with Gasteiger partial charge in [-0.2, -0.15) is 0 Å². The monoisotopic (exact) mass is 530 g/mol. The third kappa shape index (κ3) is 4.35. The predicted molar refractivity (Wildman–Crippen MR) is 146 cm³/mol. The minimum atomic E-state index is -0.951. The number of aryl methyl sites for hydroxylation is 1. The van der Waals surface area contributed by atoms with Crippen molar-refractivity contribution in [3.63, 3.8) is 0 Å². The van der Waals surface area contributed by atoms with Gasteiger partial charge < -0.3 is 19.3 Å². The van der Waals surface area contributed by atoms with Crippen LogP contribution in [-0.4, -0.2) is 42.6 Å². The number of ether oxygens (including phenoxy) is 3. The van der Waals surface area contributed by atoms with Crippen molar-refractivity contribution in [2.75, 3.05) is 25.7 Å². The molecule has 0 saturated carbocycles. The zero-order valence-electron chi connectivity index (χ0n) is 21.3. The molecule has 8 nitrogen and oxygen atoms in total. The fourth-order valence-corrected chi connectivity index (χ4v) is 5.61. The first-order valence-electron chi connectivity index (χ1n) is 12.0. The van der Waals surface area contributed by atoms with E-state index in [2.05, 4.69) is 4.98 Å². The van der Waals surface area contributed by atoms with E-state index >= 15 is 0 Å². The van der Waals surface area contributed by atoms with Crippen LogP contribution in [0.3, 0.4) is 0 Å². The topological polar surface area (TPSA) is 98.2 Å². The van der Waals surface area contributed by atoms with Crippen LogP contribution in [0, 0.1) is 6.92 Å². The van der Waals surface area contributed by atoms with E-state index < -0.39 is 17.7 Å². The SMILES string of the molecule is CCOc1ccc(C2/C(=C(\O)c3cccc(OC)c3)C(=O)C(=O)N2c2nc3ccc(C)cc3s2)cc1OC. The molecule has 38 heavy (non-hydrogen) atoms. The summed E-state index contributed by atoms with van der Waals surface area (Å²) in [5.74, 6) is -0.416. The summed E-state index contributed by atoms with van der Waals surface area (Å²) in [6.07, 6.45) is 0. The van der Waals surface area contributed by atoms with Gasteiger partial charge in [0.1, 0.15) is 11.5 Å². The van der Waals surface area contributed by atoms with Crippen molar-refractivity contribution in [3.8, 4) is 17.2 Å². The normalized spacial score (nSPS) is 16.7. The van der Waals surface area contributed by atoms with Crippen LogP contribution in [0.2, 0.25) is 0 Å². The molecule has 1 N–H and O–H groups in total. The molecule has 1 aliphatic heterocycles. The standard InChI is InChI=1S/C29H26N2O6S/c1-5-37-21-12-10-17(15-22(21)36-4)25-24(26(32)18-7-6-8-19(14-18)35-3)27(33)28(34)31(25)29-30-20-11-9-16(2)13-23(20)38-29/h6-15,25,32H,5H2,1-4H3/b26-24+. The number of hydrogen-bond donors (Lipinski definition) is 1. The number of aromatic nitrogens is 1. The molecular weight excluding hydrogens is 504 g/mol. The Balaban J connectivity index is 1.74. The molecule has 1 aromatic heterocycles. The molecule has 5 rings (SSSR count). The Morgan fingerprint density at radius 1 is 1.03 bits per heavy atom. The Morgan fingerprint density at radius 3 is 2.58 bits per heavy atom. The molecule has 0 aliphatic carbocycles. The second-order valence-corrected chi connectivity index (χ2v) is 9.72. The maximum Gasteiger partial charge on any atom is 0.301 e. The highest BCUT2D eigenvalue weighted by molar-refractivity contribution is 7.22. The van der Waals surface area contributed by atoms with E-state index in [4.69, 9.17) is 14.2 Å². The van der Waals surface area contributed by atoms with E-state index in [0.717, 1.165) is 10.3 Å². The number of aliphatic hydroxyl groups is 1. The second-order valence-electron chi connectivity index (χ2n) is 8.71. The predicted octanol–water partition coefficient (Wildman–Crippen LogP) is 5.65. The van der Waals surface area contributed by atoms with E-state index in [-0.39, 0.29) is 11.3 Å². The highest BCUT2D eigenvalue weighted by Crippen LogP contribution is 2.46. The van der Waals surface area contributed by atoms with E-state index in [1.165, 1.54) is 30.5 Å². The van der Waals surface area contributed by atoms with Gasteiger partial charge in [-0.1, -0.05) is 35.6 Å². The van der Waals surface area contributed by atoms with Crippen LogP contribution in [0.15, 0.2) is 66.2 Å². The minimum Gasteiger partial charge on any atom is -0.507 e. The number of ketones is 1. The summed E-state index contributed by atoms with van der Waals surface area (Å²) in [5, 5.41) is 11.8. The first-order chi connectivity index (χ1) is 18.4. The van der Waals surface area contributed by atoms with E-state index in [0.29, 0.717) is 45.6 Å². The average Bonchev–Trinajstić information content (AvgIpc) is 3.46. The molecule has 1 aliphatic rings. The Labute approximate surface area is 223 Å². The number of carbonyl (C=O) groups excluding carboxylic acids is 2. The lowest BCUT2D eigenvalue weighted by atomic mass is 9.95. The largest absolute Gasteiger partial charge is 0.507 e. The fraction of sp³-hybridized carbons (Fsp3) is 0.207. The first-order valence-corrected chi connectivity index (χ1v) is 12.8. The van der Waals surface area contributed by atoms with Crippen molar-refractivity contribution in [1.29, 1.82) is 0 Å². The van der Waals surface area contributed by atoms with Gasteiger partial charge in [-0.3, -0.25) is 14.5 Å². The molecule has 4 aromatic rings. The Morgan fingerprint density at radius 2 is 1.84 bits per heavy atom. The fourth-order valence-electron chi connectivity index (χ4n) is 4.52. The molecule has 0 spiro atoms. The summed E-state index contributed by atoms with van der Waals surface area (Å²) in [7, 11) is 3.03. The minimum absolute atomic E-state index is 0.0510. The van der Waals surface area contributed by atoms with E-state index in [1.807, 2.05) is 32.0 Å². The Bertz CT molecular complexity index is 1590. The number of hydrogen-bond acceptors (Lipinski definition) is 8. The lowest BCUT2D eigenvalue weighted by Gasteiger charge is -2.24. The smallest absolute Gasteiger partial charge is 0.301 e. The third-order valence-electron chi connectivity index (χ3n) is 6.33. The molecule has 1 atom stereocenters. The number of anilines is 1. The third-order valence-corrected chi connectivity index (χ3v) is 7.35. The molecular formula is C29H26N2O6S. The molecule has 2 heterocycles. The number of carbonyl (C=O) groups is 2. The first kappa shape index (κ1) is 25.3. The van der Waals surface area contributed by atoms with Crippen LogP contribution in [0.1, 0.15) is 29.7 Å². The summed E-state index contributed by atoms with van der Waals surface area (Å²) in [5.41, 5.74) is 2.63. The Kier molecular flexibility index (Phi) is 6.77. The number of benzene rings is 3. The molecule has 1 fully saturated rings. The van der Waals surface area contributed by atoms with Gasteiger partial charge in [0.05, 0.1) is 42.7 Å². The molecule has 0 bridgehead atoms. The van der Waals surface area contributed by atoms with E-state index in [9.17, 15) is 14.7 Å². The van der Waals surface area contributed by atoms with Gasteiger partial charge >= 0.3 is 5.91 Å². The van der Waals surface area contributed by atoms with Crippen molar-refractivity contribution in [2.24, 2.45) is 0 Å². The molecule has 1 saturated heterocycles. The number of thiazole rings is 1. The second kappa shape index (κ2) is 10.2. The van der Waals surface area contributed by atoms with Gasteiger partial charge in [0.2, 0.25) is 0 Å². The maximum absolute atomic E-state index is 13.5. The highest BCUT2D eigenvalue weighted by Gasteiger charge is 2.48. The number of amides is 1. The van der Waals surface area contributed by atoms with Crippen molar-refractivity contribution < 1.29 is 28.9 Å². The van der Waals surface area contributed by atoms with Crippen LogP contribution < -0.4 is 19.1 Å².